The normalized spacial score (nSPS) is 9.53. The Balaban J connectivity index is 0.000000675. The Labute approximate surface area is 202 Å². The van der Waals surface area contributed by atoms with Gasteiger partial charge in [0.05, 0.1) is 15.5 Å². The topological polar surface area (TPSA) is 150 Å². The van der Waals surface area contributed by atoms with Crippen molar-refractivity contribution < 1.29 is 23.0 Å². The molecule has 34 heavy (non-hydrogen) atoms. The van der Waals surface area contributed by atoms with E-state index in [9.17, 15) is 33.4 Å². The molecule has 3 rings (SSSR count). The standard InChI is InChI=1S/C13H11BrFN3O2.C6H4F2N2O2.2CH4/c14-9-3-1-8(2-4-9)7-17-10-5-6-11(18(19)20)13(16)12(10)15;7-3-1-2-4(10(11)12)6(9)5(3)8;;/h1-6,17H,7,16H2;1-2H,9H2;2*1H4. The molecule has 0 saturated carbocycles. The van der Waals surface area contributed by atoms with E-state index in [4.69, 9.17) is 11.5 Å². The van der Waals surface area contributed by atoms with Crippen molar-refractivity contribution in [1.29, 1.82) is 0 Å². The average molecular weight is 546 g/mol. The fourth-order valence-electron chi connectivity index (χ4n) is 2.39. The van der Waals surface area contributed by atoms with Crippen molar-refractivity contribution in [2.24, 2.45) is 0 Å². The molecule has 0 atom stereocenters. The van der Waals surface area contributed by atoms with Crippen LogP contribution >= 0.6 is 15.9 Å². The molecule has 0 saturated heterocycles. The Bertz CT molecular complexity index is 1160. The smallest absolute Gasteiger partial charge is 0.295 e. The minimum absolute atomic E-state index is 0. The van der Waals surface area contributed by atoms with Gasteiger partial charge in [0, 0.05) is 23.2 Å². The summed E-state index contributed by atoms with van der Waals surface area (Å²) in [5.41, 5.74) is 9.12. The van der Waals surface area contributed by atoms with Gasteiger partial charge in [-0.2, -0.15) is 0 Å². The molecule has 0 heterocycles. The molecule has 0 aliphatic carbocycles. The number of hydrogen-bond acceptors (Lipinski definition) is 7. The molecule has 0 aromatic heterocycles. The number of nitrogens with two attached hydrogens (primary N) is 2. The van der Waals surface area contributed by atoms with E-state index in [1.165, 1.54) is 12.1 Å². The van der Waals surface area contributed by atoms with Crippen LogP contribution in [0.4, 0.5) is 41.6 Å². The lowest BCUT2D eigenvalue weighted by Crippen LogP contribution is -2.05. The number of benzene rings is 3. The van der Waals surface area contributed by atoms with Crippen LogP contribution in [0.15, 0.2) is 53.0 Å². The van der Waals surface area contributed by atoms with Gasteiger partial charge in [0.2, 0.25) is 0 Å². The van der Waals surface area contributed by atoms with Crippen LogP contribution in [0, 0.1) is 37.7 Å². The molecule has 0 spiro atoms. The first-order valence-corrected chi connectivity index (χ1v) is 9.40. The third-order valence-electron chi connectivity index (χ3n) is 4.06. The third kappa shape index (κ3) is 7.33. The highest BCUT2D eigenvalue weighted by atomic mass is 79.9. The van der Waals surface area contributed by atoms with Crippen LogP contribution in [-0.2, 0) is 6.54 Å². The first kappa shape index (κ1) is 30.1. The molecule has 3 aromatic carbocycles. The van der Waals surface area contributed by atoms with Crippen molar-refractivity contribution in [3.63, 3.8) is 0 Å². The van der Waals surface area contributed by atoms with E-state index in [-0.39, 0.29) is 20.5 Å². The first-order chi connectivity index (χ1) is 15.0. The average Bonchev–Trinajstić information content (AvgIpc) is 2.74. The largest absolute Gasteiger partial charge is 0.391 e. The van der Waals surface area contributed by atoms with Crippen LogP contribution in [0.3, 0.4) is 0 Å². The zero-order valence-electron chi connectivity index (χ0n) is 16.0. The summed E-state index contributed by atoms with van der Waals surface area (Å²) in [6, 6.07) is 11.5. The quantitative estimate of drug-likeness (QED) is 0.190. The summed E-state index contributed by atoms with van der Waals surface area (Å²) in [4.78, 5) is 19.2. The molecule has 0 amide bonds. The Morgan fingerprint density at radius 1 is 0.794 bits per heavy atom. The summed E-state index contributed by atoms with van der Waals surface area (Å²) in [7, 11) is 0. The van der Waals surface area contributed by atoms with E-state index in [2.05, 4.69) is 21.2 Å². The van der Waals surface area contributed by atoms with Gasteiger partial charge in [-0.3, -0.25) is 20.2 Å². The number of halogens is 4. The summed E-state index contributed by atoms with van der Waals surface area (Å²) in [5, 5.41) is 23.6. The number of nitrogens with one attached hydrogen (secondary N) is 1. The monoisotopic (exact) mass is 545 g/mol. The van der Waals surface area contributed by atoms with E-state index >= 15 is 0 Å². The van der Waals surface area contributed by atoms with Crippen molar-refractivity contribution in [1.82, 2.24) is 0 Å². The van der Waals surface area contributed by atoms with Gasteiger partial charge >= 0.3 is 0 Å². The Hall–Kier alpha value is -3.87. The molecule has 184 valence electrons. The molecular weight excluding hydrogens is 523 g/mol. The molecule has 0 aliphatic heterocycles. The van der Waals surface area contributed by atoms with E-state index in [1.807, 2.05) is 24.3 Å². The van der Waals surface area contributed by atoms with Crippen molar-refractivity contribution in [3.8, 4) is 0 Å². The van der Waals surface area contributed by atoms with Crippen molar-refractivity contribution in [3.05, 3.63) is 96.2 Å². The van der Waals surface area contributed by atoms with Gasteiger partial charge in [-0.05, 0) is 29.8 Å². The van der Waals surface area contributed by atoms with Crippen LogP contribution in [0.5, 0.6) is 0 Å². The summed E-state index contributed by atoms with van der Waals surface area (Å²) < 4.78 is 39.7. The molecule has 0 radical (unpaired) electrons. The highest BCUT2D eigenvalue weighted by molar-refractivity contribution is 9.10. The number of nitrogen functional groups attached to an aromatic ring is 2. The highest BCUT2D eigenvalue weighted by Gasteiger charge is 2.19. The number of nitro groups is 2. The molecule has 0 fully saturated rings. The zero-order valence-corrected chi connectivity index (χ0v) is 17.6. The van der Waals surface area contributed by atoms with Gasteiger partial charge in [-0.15, -0.1) is 0 Å². The van der Waals surface area contributed by atoms with Crippen molar-refractivity contribution >= 4 is 44.4 Å². The molecule has 9 nitrogen and oxygen atoms in total. The van der Waals surface area contributed by atoms with Gasteiger partial charge in [0.25, 0.3) is 11.4 Å². The maximum Gasteiger partial charge on any atom is 0.295 e. The molecule has 0 unspecified atom stereocenters. The highest BCUT2D eigenvalue weighted by Crippen LogP contribution is 2.30. The van der Waals surface area contributed by atoms with Crippen molar-refractivity contribution in [2.45, 2.75) is 21.4 Å². The van der Waals surface area contributed by atoms with Gasteiger partial charge in [-0.1, -0.05) is 42.9 Å². The third-order valence-corrected chi connectivity index (χ3v) is 4.58. The summed E-state index contributed by atoms with van der Waals surface area (Å²) in [5.74, 6) is -3.39. The number of anilines is 3. The molecule has 5 N–H and O–H groups in total. The zero-order chi connectivity index (χ0) is 24.0. The van der Waals surface area contributed by atoms with Crippen LogP contribution in [0.1, 0.15) is 20.4 Å². The number of rotatable bonds is 5. The van der Waals surface area contributed by atoms with Gasteiger partial charge < -0.3 is 16.8 Å². The molecule has 0 bridgehead atoms. The minimum atomic E-state index is -1.38. The van der Waals surface area contributed by atoms with E-state index in [0.717, 1.165) is 16.1 Å². The maximum atomic E-state index is 13.9. The van der Waals surface area contributed by atoms with Gasteiger partial charge in [0.1, 0.15) is 11.4 Å². The second-order valence-electron chi connectivity index (χ2n) is 6.15. The van der Waals surface area contributed by atoms with Crippen LogP contribution in [0.2, 0.25) is 0 Å². The SMILES string of the molecule is C.C.Nc1c([N+](=O)[O-])ccc(F)c1F.Nc1c([N+](=O)[O-])ccc(NCc2ccc(Br)cc2)c1F. The summed E-state index contributed by atoms with van der Waals surface area (Å²) in [6.45, 7) is 0.390. The van der Waals surface area contributed by atoms with Gasteiger partial charge in [-0.25, -0.2) is 13.2 Å². The Morgan fingerprint density at radius 2 is 1.26 bits per heavy atom. The van der Waals surface area contributed by atoms with Crippen LogP contribution in [0.25, 0.3) is 0 Å². The molecule has 13 heteroatoms. The Kier molecular flexibility index (Phi) is 11.5. The fraction of sp³-hybridized carbons (Fsp3) is 0.143. The first-order valence-electron chi connectivity index (χ1n) is 8.61. The summed E-state index contributed by atoms with van der Waals surface area (Å²) >= 11 is 3.32. The van der Waals surface area contributed by atoms with Gasteiger partial charge in [0.15, 0.2) is 17.5 Å². The van der Waals surface area contributed by atoms with Crippen LogP contribution < -0.4 is 16.8 Å². The van der Waals surface area contributed by atoms with Crippen LogP contribution in [-0.4, -0.2) is 9.85 Å². The number of hydrogen-bond donors (Lipinski definition) is 3. The summed E-state index contributed by atoms with van der Waals surface area (Å²) in [6.07, 6.45) is 0. The predicted octanol–water partition coefficient (Wildman–Crippen LogP) is 6.42. The number of nitro benzene ring substituents is 2. The predicted molar refractivity (Wildman–Crippen MR) is 130 cm³/mol. The fourth-order valence-corrected chi connectivity index (χ4v) is 2.66. The lowest BCUT2D eigenvalue weighted by Gasteiger charge is -2.09. The van der Waals surface area contributed by atoms with Crippen molar-refractivity contribution in [2.75, 3.05) is 16.8 Å². The maximum absolute atomic E-state index is 13.9. The second-order valence-corrected chi connectivity index (χ2v) is 7.06. The minimum Gasteiger partial charge on any atom is -0.391 e. The second kappa shape index (κ2) is 13.0. The van der Waals surface area contributed by atoms with E-state index < -0.39 is 50.0 Å². The lowest BCUT2D eigenvalue weighted by atomic mass is 10.2. The molecule has 3 aromatic rings. The number of nitrogens with zero attached hydrogens (tertiary/aromatic N) is 2. The van der Waals surface area contributed by atoms with E-state index in [0.29, 0.717) is 12.6 Å². The lowest BCUT2D eigenvalue weighted by molar-refractivity contribution is -0.384. The Morgan fingerprint density at radius 3 is 1.76 bits per heavy atom. The molecular formula is C21H23BrF3N5O4. The molecule has 0 aliphatic rings. The van der Waals surface area contributed by atoms with E-state index in [1.54, 1.807) is 0 Å².